The number of nitrogens with zero attached hydrogens (tertiary/aromatic N) is 1. The van der Waals surface area contributed by atoms with Gasteiger partial charge in [-0.05, 0) is 35.9 Å². The maximum atomic E-state index is 12.3. The molecule has 1 heterocycles. The van der Waals surface area contributed by atoms with Crippen molar-refractivity contribution in [1.29, 1.82) is 0 Å². The molecule has 1 aromatic heterocycles. The summed E-state index contributed by atoms with van der Waals surface area (Å²) in [6.45, 7) is 1.02. The van der Waals surface area contributed by atoms with Crippen molar-refractivity contribution >= 4 is 11.7 Å². The van der Waals surface area contributed by atoms with Crippen molar-refractivity contribution < 1.29 is 14.3 Å². The molecule has 0 spiro atoms. The van der Waals surface area contributed by atoms with Crippen molar-refractivity contribution in [2.45, 2.75) is 13.1 Å². The summed E-state index contributed by atoms with van der Waals surface area (Å²) >= 11 is 0. The molecule has 2 aromatic carbocycles. The molecule has 6 heteroatoms. The Balaban J connectivity index is 1.53. The van der Waals surface area contributed by atoms with Gasteiger partial charge in [-0.3, -0.25) is 4.79 Å². The summed E-state index contributed by atoms with van der Waals surface area (Å²) in [7, 11) is 3.27. The van der Waals surface area contributed by atoms with E-state index in [0.717, 1.165) is 22.6 Å². The number of rotatable bonds is 8. The lowest BCUT2D eigenvalue weighted by Crippen LogP contribution is -2.22. The SMILES string of the molecule is COc1ccc(CNC(=O)c2ccc(NCc3ccccc3OC)nc2)cc1. The number of nitrogens with one attached hydrogen (secondary N) is 2. The molecule has 144 valence electrons. The molecule has 0 atom stereocenters. The van der Waals surface area contributed by atoms with Gasteiger partial charge in [0.1, 0.15) is 17.3 Å². The highest BCUT2D eigenvalue weighted by Crippen LogP contribution is 2.18. The zero-order valence-corrected chi connectivity index (χ0v) is 15.9. The number of benzene rings is 2. The van der Waals surface area contributed by atoms with Crippen molar-refractivity contribution in [2.75, 3.05) is 19.5 Å². The standard InChI is InChI=1S/C22H23N3O3/c1-27-19-10-7-16(8-11-19)13-25-22(26)18-9-12-21(24-15-18)23-14-17-5-3-4-6-20(17)28-2/h3-12,15H,13-14H2,1-2H3,(H,23,24)(H,25,26). The highest BCUT2D eigenvalue weighted by atomic mass is 16.5. The topological polar surface area (TPSA) is 72.5 Å². The van der Waals surface area contributed by atoms with Crippen LogP contribution in [0.2, 0.25) is 0 Å². The largest absolute Gasteiger partial charge is 0.497 e. The molecule has 28 heavy (non-hydrogen) atoms. The molecule has 6 nitrogen and oxygen atoms in total. The average Bonchev–Trinajstić information content (AvgIpc) is 2.77. The first-order valence-electron chi connectivity index (χ1n) is 8.92. The first-order chi connectivity index (χ1) is 13.7. The molecule has 2 N–H and O–H groups in total. The first-order valence-corrected chi connectivity index (χ1v) is 8.92. The molecule has 3 rings (SSSR count). The number of amides is 1. The van der Waals surface area contributed by atoms with Crippen molar-refractivity contribution in [3.63, 3.8) is 0 Å². The van der Waals surface area contributed by atoms with Crippen LogP contribution >= 0.6 is 0 Å². The van der Waals surface area contributed by atoms with E-state index < -0.39 is 0 Å². The third kappa shape index (κ3) is 5.01. The van der Waals surface area contributed by atoms with Crippen LogP contribution in [0.3, 0.4) is 0 Å². The van der Waals surface area contributed by atoms with Crippen LogP contribution in [0.15, 0.2) is 66.9 Å². The van der Waals surface area contributed by atoms with Gasteiger partial charge in [-0.2, -0.15) is 0 Å². The van der Waals surface area contributed by atoms with Crippen LogP contribution in [0.5, 0.6) is 11.5 Å². The van der Waals surface area contributed by atoms with Gasteiger partial charge < -0.3 is 20.1 Å². The van der Waals surface area contributed by atoms with Crippen LogP contribution in [0, 0.1) is 0 Å². The van der Waals surface area contributed by atoms with E-state index in [4.69, 9.17) is 9.47 Å². The zero-order valence-electron chi connectivity index (χ0n) is 15.9. The van der Waals surface area contributed by atoms with Crippen molar-refractivity contribution in [1.82, 2.24) is 10.3 Å². The third-order valence-electron chi connectivity index (χ3n) is 4.29. The lowest BCUT2D eigenvalue weighted by molar-refractivity contribution is 0.0950. The molecule has 0 saturated carbocycles. The predicted molar refractivity (Wildman–Crippen MR) is 109 cm³/mol. The monoisotopic (exact) mass is 377 g/mol. The Morgan fingerprint density at radius 2 is 1.71 bits per heavy atom. The van der Waals surface area contributed by atoms with E-state index in [2.05, 4.69) is 15.6 Å². The normalized spacial score (nSPS) is 10.2. The van der Waals surface area contributed by atoms with E-state index in [-0.39, 0.29) is 5.91 Å². The lowest BCUT2D eigenvalue weighted by Gasteiger charge is -2.10. The molecular weight excluding hydrogens is 354 g/mol. The number of carbonyl (C=O) groups excluding carboxylic acids is 1. The van der Waals surface area contributed by atoms with Crippen LogP contribution in [0.25, 0.3) is 0 Å². The summed E-state index contributed by atoms with van der Waals surface area (Å²) in [5.41, 5.74) is 2.54. The second-order valence-electron chi connectivity index (χ2n) is 6.13. The highest BCUT2D eigenvalue weighted by Gasteiger charge is 2.07. The molecule has 0 aliphatic carbocycles. The number of methoxy groups -OCH3 is 2. The number of ether oxygens (including phenoxy) is 2. The Hall–Kier alpha value is -3.54. The quantitative estimate of drug-likeness (QED) is 0.627. The first kappa shape index (κ1) is 19.2. The Labute approximate surface area is 164 Å². The number of carbonyl (C=O) groups is 1. The maximum absolute atomic E-state index is 12.3. The van der Waals surface area contributed by atoms with Gasteiger partial charge in [0.15, 0.2) is 0 Å². The van der Waals surface area contributed by atoms with Gasteiger partial charge in [0.05, 0.1) is 19.8 Å². The Morgan fingerprint density at radius 1 is 0.929 bits per heavy atom. The van der Waals surface area contributed by atoms with E-state index in [1.165, 1.54) is 0 Å². The number of para-hydroxylation sites is 1. The minimum Gasteiger partial charge on any atom is -0.497 e. The van der Waals surface area contributed by atoms with Crippen molar-refractivity contribution in [3.05, 3.63) is 83.6 Å². The summed E-state index contributed by atoms with van der Waals surface area (Å²) < 4.78 is 10.5. The second kappa shape index (κ2) is 9.41. The summed E-state index contributed by atoms with van der Waals surface area (Å²) in [5.74, 6) is 2.14. The maximum Gasteiger partial charge on any atom is 0.253 e. The van der Waals surface area contributed by atoms with E-state index in [1.54, 1.807) is 32.5 Å². The molecule has 0 radical (unpaired) electrons. The molecule has 0 saturated heterocycles. The Kier molecular flexibility index (Phi) is 6.46. The number of anilines is 1. The fourth-order valence-electron chi connectivity index (χ4n) is 2.70. The average molecular weight is 377 g/mol. The van der Waals surface area contributed by atoms with Crippen LogP contribution in [0.4, 0.5) is 5.82 Å². The summed E-state index contributed by atoms with van der Waals surface area (Å²) in [6, 6.07) is 18.9. The van der Waals surface area contributed by atoms with Crippen molar-refractivity contribution in [3.8, 4) is 11.5 Å². The lowest BCUT2D eigenvalue weighted by atomic mass is 10.2. The van der Waals surface area contributed by atoms with Gasteiger partial charge in [0.2, 0.25) is 0 Å². The summed E-state index contributed by atoms with van der Waals surface area (Å²) in [6.07, 6.45) is 1.56. The van der Waals surface area contributed by atoms with Gasteiger partial charge in [0, 0.05) is 24.8 Å². The molecule has 3 aromatic rings. The van der Waals surface area contributed by atoms with E-state index in [0.29, 0.717) is 24.5 Å². The van der Waals surface area contributed by atoms with Crippen LogP contribution < -0.4 is 20.1 Å². The van der Waals surface area contributed by atoms with Crippen LogP contribution in [-0.4, -0.2) is 25.1 Å². The van der Waals surface area contributed by atoms with E-state index in [1.807, 2.05) is 48.5 Å². The van der Waals surface area contributed by atoms with E-state index >= 15 is 0 Å². The molecule has 0 bridgehead atoms. The van der Waals surface area contributed by atoms with Crippen LogP contribution in [0.1, 0.15) is 21.5 Å². The molecule has 0 aliphatic heterocycles. The van der Waals surface area contributed by atoms with E-state index in [9.17, 15) is 4.79 Å². The van der Waals surface area contributed by atoms with Gasteiger partial charge in [-0.1, -0.05) is 30.3 Å². The number of pyridine rings is 1. The van der Waals surface area contributed by atoms with Gasteiger partial charge in [0.25, 0.3) is 5.91 Å². The van der Waals surface area contributed by atoms with Gasteiger partial charge >= 0.3 is 0 Å². The molecule has 0 unspecified atom stereocenters. The fourth-order valence-corrected chi connectivity index (χ4v) is 2.70. The minimum absolute atomic E-state index is 0.167. The Morgan fingerprint density at radius 3 is 2.39 bits per heavy atom. The second-order valence-corrected chi connectivity index (χ2v) is 6.13. The number of hydrogen-bond acceptors (Lipinski definition) is 5. The number of hydrogen-bond donors (Lipinski definition) is 2. The van der Waals surface area contributed by atoms with Gasteiger partial charge in [-0.15, -0.1) is 0 Å². The number of aromatic nitrogens is 1. The molecular formula is C22H23N3O3. The smallest absolute Gasteiger partial charge is 0.253 e. The molecule has 0 aliphatic rings. The van der Waals surface area contributed by atoms with Crippen molar-refractivity contribution in [2.24, 2.45) is 0 Å². The predicted octanol–water partition coefficient (Wildman–Crippen LogP) is 3.64. The minimum atomic E-state index is -0.167. The Bertz CT molecular complexity index is 909. The molecule has 0 fully saturated rings. The summed E-state index contributed by atoms with van der Waals surface area (Å²) in [5, 5.41) is 6.12. The van der Waals surface area contributed by atoms with Gasteiger partial charge in [-0.25, -0.2) is 4.98 Å². The highest BCUT2D eigenvalue weighted by molar-refractivity contribution is 5.94. The van der Waals surface area contributed by atoms with Crippen LogP contribution in [-0.2, 0) is 13.1 Å². The third-order valence-corrected chi connectivity index (χ3v) is 4.29. The molecule has 1 amide bonds. The fraction of sp³-hybridized carbons (Fsp3) is 0.182. The zero-order chi connectivity index (χ0) is 19.8. The summed E-state index contributed by atoms with van der Waals surface area (Å²) in [4.78, 5) is 16.6.